The number of thioether (sulfide) groups is 1. The van der Waals surface area contributed by atoms with E-state index in [9.17, 15) is 0 Å². The first-order valence-corrected chi connectivity index (χ1v) is 8.29. The Kier molecular flexibility index (Phi) is 4.10. The highest BCUT2D eigenvalue weighted by atomic mass is 32.2. The molecule has 0 spiro atoms. The molecule has 1 aromatic rings. The standard InChI is InChI=1S/C13H21N3O2S/c1-2-17-13(5-3-4-6-13)12-15-11(18-16-12)10-9-19-8-7-14-10/h10,14H,2-9H2,1H3. The summed E-state index contributed by atoms with van der Waals surface area (Å²) in [4.78, 5) is 4.63. The summed E-state index contributed by atoms with van der Waals surface area (Å²) in [6, 6.07) is 0.195. The van der Waals surface area contributed by atoms with Crippen molar-refractivity contribution in [3.05, 3.63) is 11.7 Å². The fraction of sp³-hybridized carbons (Fsp3) is 0.846. The van der Waals surface area contributed by atoms with E-state index >= 15 is 0 Å². The van der Waals surface area contributed by atoms with Crippen LogP contribution in [0.2, 0.25) is 0 Å². The number of rotatable bonds is 4. The van der Waals surface area contributed by atoms with Crippen molar-refractivity contribution in [3.63, 3.8) is 0 Å². The van der Waals surface area contributed by atoms with E-state index < -0.39 is 0 Å². The van der Waals surface area contributed by atoms with Gasteiger partial charge in [0.25, 0.3) is 0 Å². The van der Waals surface area contributed by atoms with Crippen LogP contribution in [0.25, 0.3) is 0 Å². The normalized spacial score (nSPS) is 26.7. The summed E-state index contributed by atoms with van der Waals surface area (Å²) in [7, 11) is 0. The molecular weight excluding hydrogens is 262 g/mol. The molecule has 19 heavy (non-hydrogen) atoms. The predicted molar refractivity (Wildman–Crippen MR) is 74.1 cm³/mol. The van der Waals surface area contributed by atoms with Crippen molar-refractivity contribution < 1.29 is 9.26 Å². The quantitative estimate of drug-likeness (QED) is 0.914. The van der Waals surface area contributed by atoms with Gasteiger partial charge in [0.1, 0.15) is 5.60 Å². The Hall–Kier alpha value is -0.590. The maximum atomic E-state index is 5.97. The van der Waals surface area contributed by atoms with Crippen LogP contribution in [0.5, 0.6) is 0 Å². The van der Waals surface area contributed by atoms with Gasteiger partial charge in [-0.05, 0) is 32.6 Å². The third-order valence-corrected chi connectivity index (χ3v) is 4.96. The Morgan fingerprint density at radius 2 is 2.32 bits per heavy atom. The highest BCUT2D eigenvalue weighted by molar-refractivity contribution is 7.99. The lowest BCUT2D eigenvalue weighted by molar-refractivity contribution is -0.0469. The van der Waals surface area contributed by atoms with Gasteiger partial charge in [-0.25, -0.2) is 0 Å². The molecule has 5 nitrogen and oxygen atoms in total. The first-order chi connectivity index (χ1) is 9.34. The van der Waals surface area contributed by atoms with Gasteiger partial charge >= 0.3 is 0 Å². The summed E-state index contributed by atoms with van der Waals surface area (Å²) in [5.41, 5.74) is -0.293. The molecule has 0 aromatic carbocycles. The largest absolute Gasteiger partial charge is 0.367 e. The molecule has 1 aliphatic carbocycles. The van der Waals surface area contributed by atoms with Crippen LogP contribution < -0.4 is 5.32 Å². The van der Waals surface area contributed by atoms with E-state index in [2.05, 4.69) is 15.5 Å². The lowest BCUT2D eigenvalue weighted by Crippen LogP contribution is -2.31. The van der Waals surface area contributed by atoms with Crippen LogP contribution in [0.1, 0.15) is 50.4 Å². The molecule has 1 N–H and O–H groups in total. The summed E-state index contributed by atoms with van der Waals surface area (Å²) in [5.74, 6) is 3.62. The van der Waals surface area contributed by atoms with Crippen LogP contribution in [0.15, 0.2) is 4.52 Å². The van der Waals surface area contributed by atoms with Gasteiger partial charge in [-0.3, -0.25) is 0 Å². The van der Waals surface area contributed by atoms with Gasteiger partial charge in [-0.2, -0.15) is 16.7 Å². The van der Waals surface area contributed by atoms with E-state index in [-0.39, 0.29) is 11.6 Å². The van der Waals surface area contributed by atoms with Crippen molar-refractivity contribution in [1.82, 2.24) is 15.5 Å². The van der Waals surface area contributed by atoms with Crippen molar-refractivity contribution in [2.24, 2.45) is 0 Å². The number of nitrogens with zero attached hydrogens (tertiary/aromatic N) is 2. The Morgan fingerprint density at radius 1 is 1.47 bits per heavy atom. The van der Waals surface area contributed by atoms with E-state index in [0.29, 0.717) is 12.5 Å². The number of hydrogen-bond acceptors (Lipinski definition) is 6. The van der Waals surface area contributed by atoms with Crippen molar-refractivity contribution in [1.29, 1.82) is 0 Å². The molecule has 1 aromatic heterocycles. The SMILES string of the molecule is CCOC1(c2noc(C3CSCCN3)n2)CCCC1. The molecule has 1 aliphatic heterocycles. The second kappa shape index (κ2) is 5.81. The van der Waals surface area contributed by atoms with Gasteiger partial charge in [0.05, 0.1) is 6.04 Å². The van der Waals surface area contributed by atoms with Gasteiger partial charge in [0.15, 0.2) is 0 Å². The van der Waals surface area contributed by atoms with Crippen LogP contribution >= 0.6 is 11.8 Å². The van der Waals surface area contributed by atoms with E-state index in [1.807, 2.05) is 18.7 Å². The Labute approximate surface area is 117 Å². The van der Waals surface area contributed by atoms with Gasteiger partial charge in [-0.15, -0.1) is 0 Å². The molecule has 1 saturated carbocycles. The highest BCUT2D eigenvalue weighted by Crippen LogP contribution is 2.41. The maximum Gasteiger partial charge on any atom is 0.244 e. The third-order valence-electron chi connectivity index (χ3n) is 3.90. The number of hydrogen-bond donors (Lipinski definition) is 1. The number of nitrogens with one attached hydrogen (secondary N) is 1. The van der Waals surface area contributed by atoms with E-state index in [1.165, 1.54) is 12.8 Å². The second-order valence-electron chi connectivity index (χ2n) is 5.17. The fourth-order valence-electron chi connectivity index (χ4n) is 2.94. The molecular formula is C13H21N3O2S. The minimum atomic E-state index is -0.293. The molecule has 6 heteroatoms. The highest BCUT2D eigenvalue weighted by Gasteiger charge is 2.41. The Morgan fingerprint density at radius 3 is 3.00 bits per heavy atom. The monoisotopic (exact) mass is 283 g/mol. The number of aromatic nitrogens is 2. The predicted octanol–water partition coefficient (Wildman–Crippen LogP) is 2.25. The molecule has 2 aliphatic rings. The van der Waals surface area contributed by atoms with Crippen LogP contribution in [0.3, 0.4) is 0 Å². The zero-order valence-electron chi connectivity index (χ0n) is 11.4. The fourth-order valence-corrected chi connectivity index (χ4v) is 3.87. The lowest BCUT2D eigenvalue weighted by Gasteiger charge is -2.25. The average Bonchev–Trinajstić information content (AvgIpc) is 3.09. The summed E-state index contributed by atoms with van der Waals surface area (Å²) in [5, 5.41) is 7.63. The molecule has 0 amide bonds. The summed E-state index contributed by atoms with van der Waals surface area (Å²) in [6.07, 6.45) is 4.38. The van der Waals surface area contributed by atoms with Gasteiger partial charge in [0.2, 0.25) is 11.7 Å². The molecule has 0 bridgehead atoms. The van der Waals surface area contributed by atoms with Gasteiger partial charge in [0, 0.05) is 24.7 Å². The van der Waals surface area contributed by atoms with Crippen molar-refractivity contribution >= 4 is 11.8 Å². The Bertz CT molecular complexity index is 412. The molecule has 2 fully saturated rings. The van der Waals surface area contributed by atoms with Crippen molar-refractivity contribution in [3.8, 4) is 0 Å². The van der Waals surface area contributed by atoms with Gasteiger partial charge in [-0.1, -0.05) is 5.16 Å². The first-order valence-electron chi connectivity index (χ1n) is 7.13. The van der Waals surface area contributed by atoms with Crippen LogP contribution in [-0.4, -0.2) is 34.8 Å². The van der Waals surface area contributed by atoms with E-state index in [0.717, 1.165) is 36.7 Å². The minimum Gasteiger partial charge on any atom is -0.367 e. The van der Waals surface area contributed by atoms with Crippen molar-refractivity contribution in [2.75, 3.05) is 24.7 Å². The smallest absolute Gasteiger partial charge is 0.244 e. The zero-order valence-corrected chi connectivity index (χ0v) is 12.2. The molecule has 2 heterocycles. The third kappa shape index (κ3) is 2.66. The Balaban J connectivity index is 1.79. The van der Waals surface area contributed by atoms with E-state index in [1.54, 1.807) is 0 Å². The molecule has 3 rings (SSSR count). The molecule has 1 saturated heterocycles. The van der Waals surface area contributed by atoms with Crippen molar-refractivity contribution in [2.45, 2.75) is 44.2 Å². The number of ether oxygens (including phenoxy) is 1. The maximum absolute atomic E-state index is 5.97. The topological polar surface area (TPSA) is 60.2 Å². The second-order valence-corrected chi connectivity index (χ2v) is 6.32. The average molecular weight is 283 g/mol. The minimum absolute atomic E-state index is 0.195. The van der Waals surface area contributed by atoms with Crippen LogP contribution in [0.4, 0.5) is 0 Å². The summed E-state index contributed by atoms with van der Waals surface area (Å²) >= 11 is 1.93. The van der Waals surface area contributed by atoms with Crippen LogP contribution in [0, 0.1) is 0 Å². The van der Waals surface area contributed by atoms with Crippen LogP contribution in [-0.2, 0) is 10.3 Å². The zero-order chi connectivity index (χ0) is 13.1. The van der Waals surface area contributed by atoms with Gasteiger partial charge < -0.3 is 14.6 Å². The molecule has 1 unspecified atom stereocenters. The first kappa shape index (κ1) is 13.4. The molecule has 0 radical (unpaired) electrons. The lowest BCUT2D eigenvalue weighted by atomic mass is 10.0. The summed E-state index contributed by atoms with van der Waals surface area (Å²) in [6.45, 7) is 3.73. The summed E-state index contributed by atoms with van der Waals surface area (Å²) < 4.78 is 11.4. The van der Waals surface area contributed by atoms with E-state index in [4.69, 9.17) is 9.26 Å². The molecule has 106 valence electrons. The molecule has 1 atom stereocenters.